The average Bonchev–Trinajstić information content (AvgIpc) is 2.38. The summed E-state index contributed by atoms with van der Waals surface area (Å²) in [5.74, 6) is -0.205. The van der Waals surface area contributed by atoms with Crippen molar-refractivity contribution < 1.29 is 19.2 Å². The molecule has 0 aliphatic heterocycles. The van der Waals surface area contributed by atoms with Crippen LogP contribution < -0.4 is 20.9 Å². The molecule has 0 spiro atoms. The number of nitro groups is 1. The Morgan fingerprint density at radius 3 is 2.74 bits per heavy atom. The number of hydrogen-bond donors (Lipinski definition) is 2. The highest BCUT2D eigenvalue weighted by atomic mass is 16.6. The number of nitrogens with two attached hydrogens (primary N) is 2. The van der Waals surface area contributed by atoms with Gasteiger partial charge in [-0.3, -0.25) is 14.9 Å². The topological polar surface area (TPSA) is 131 Å². The monoisotopic (exact) mass is 269 g/mol. The Hall–Kier alpha value is -2.35. The molecule has 0 saturated heterocycles. The van der Waals surface area contributed by atoms with Crippen molar-refractivity contribution in [3.05, 3.63) is 28.3 Å². The lowest BCUT2D eigenvalue weighted by Gasteiger charge is -2.10. The normalized spacial score (nSPS) is 11.7. The number of benzene rings is 1. The molecule has 8 heteroatoms. The van der Waals surface area contributed by atoms with Gasteiger partial charge in [-0.25, -0.2) is 0 Å². The standard InChI is InChI=1S/C11H15N3O5/c1-18-7-2-3-10(9(6-7)14(16)17)19-5-4-8(12)11(13)15/h2-3,6,8H,4-5,12H2,1H3,(H2,13,15). The Kier molecular flexibility index (Phi) is 5.07. The molecule has 1 rings (SSSR count). The summed E-state index contributed by atoms with van der Waals surface area (Å²) < 4.78 is 10.1. The molecule has 1 aromatic carbocycles. The van der Waals surface area contributed by atoms with Gasteiger partial charge in [0, 0.05) is 6.42 Å². The minimum absolute atomic E-state index is 0.0529. The average molecular weight is 269 g/mol. The van der Waals surface area contributed by atoms with Crippen molar-refractivity contribution in [3.63, 3.8) is 0 Å². The molecule has 1 amide bonds. The molecule has 1 atom stereocenters. The van der Waals surface area contributed by atoms with E-state index in [1.165, 1.54) is 25.3 Å². The molecule has 0 aliphatic rings. The first kappa shape index (κ1) is 14.7. The van der Waals surface area contributed by atoms with E-state index in [0.29, 0.717) is 5.75 Å². The van der Waals surface area contributed by atoms with Crippen molar-refractivity contribution in [2.75, 3.05) is 13.7 Å². The van der Waals surface area contributed by atoms with E-state index in [1.54, 1.807) is 0 Å². The Morgan fingerprint density at radius 1 is 1.53 bits per heavy atom. The van der Waals surface area contributed by atoms with Crippen LogP contribution in [0.5, 0.6) is 11.5 Å². The van der Waals surface area contributed by atoms with E-state index in [9.17, 15) is 14.9 Å². The Labute approximate surface area is 109 Å². The van der Waals surface area contributed by atoms with Crippen LogP contribution in [0.4, 0.5) is 5.69 Å². The molecular weight excluding hydrogens is 254 g/mol. The van der Waals surface area contributed by atoms with E-state index in [-0.39, 0.29) is 24.5 Å². The highest BCUT2D eigenvalue weighted by Crippen LogP contribution is 2.31. The number of carbonyl (C=O) groups is 1. The minimum Gasteiger partial charge on any atom is -0.496 e. The Morgan fingerprint density at radius 2 is 2.21 bits per heavy atom. The second-order valence-corrected chi connectivity index (χ2v) is 3.74. The van der Waals surface area contributed by atoms with Gasteiger partial charge in [-0.15, -0.1) is 0 Å². The van der Waals surface area contributed by atoms with Crippen molar-refractivity contribution in [2.45, 2.75) is 12.5 Å². The maximum absolute atomic E-state index is 10.9. The fraction of sp³-hybridized carbons (Fsp3) is 0.364. The molecule has 0 aromatic heterocycles. The first-order valence-electron chi connectivity index (χ1n) is 5.46. The quantitative estimate of drug-likeness (QED) is 0.536. The van der Waals surface area contributed by atoms with Gasteiger partial charge in [-0.05, 0) is 12.1 Å². The number of amides is 1. The number of methoxy groups -OCH3 is 1. The SMILES string of the molecule is COc1ccc(OCCC(N)C(N)=O)c([N+](=O)[O-])c1. The van der Waals surface area contributed by atoms with E-state index in [2.05, 4.69) is 0 Å². The zero-order chi connectivity index (χ0) is 14.4. The van der Waals surface area contributed by atoms with E-state index in [1.807, 2.05) is 0 Å². The highest BCUT2D eigenvalue weighted by molar-refractivity contribution is 5.79. The van der Waals surface area contributed by atoms with Gasteiger partial charge in [0.1, 0.15) is 5.75 Å². The second kappa shape index (κ2) is 6.55. The molecule has 0 aliphatic carbocycles. The minimum atomic E-state index is -0.836. The third kappa shape index (κ3) is 4.11. The summed E-state index contributed by atoms with van der Waals surface area (Å²) in [4.78, 5) is 21.0. The third-order valence-corrected chi connectivity index (χ3v) is 2.41. The summed E-state index contributed by atoms with van der Waals surface area (Å²) in [5, 5.41) is 10.9. The number of rotatable bonds is 7. The van der Waals surface area contributed by atoms with Gasteiger partial charge in [0.25, 0.3) is 0 Å². The zero-order valence-corrected chi connectivity index (χ0v) is 10.4. The van der Waals surface area contributed by atoms with Crippen molar-refractivity contribution in [2.24, 2.45) is 11.5 Å². The number of ether oxygens (including phenoxy) is 2. The number of nitro benzene ring substituents is 1. The predicted molar refractivity (Wildman–Crippen MR) is 66.9 cm³/mol. The third-order valence-electron chi connectivity index (χ3n) is 2.41. The first-order chi connectivity index (χ1) is 8.95. The van der Waals surface area contributed by atoms with Gasteiger partial charge in [-0.2, -0.15) is 0 Å². The van der Waals surface area contributed by atoms with Crippen LogP contribution in [0.2, 0.25) is 0 Å². The largest absolute Gasteiger partial charge is 0.496 e. The van der Waals surface area contributed by atoms with E-state index >= 15 is 0 Å². The molecule has 0 saturated carbocycles. The zero-order valence-electron chi connectivity index (χ0n) is 10.4. The van der Waals surface area contributed by atoms with Crippen molar-refractivity contribution in [1.29, 1.82) is 0 Å². The Bertz CT molecular complexity index is 477. The van der Waals surface area contributed by atoms with Crippen LogP contribution in [0.1, 0.15) is 6.42 Å². The number of nitrogens with zero attached hydrogens (tertiary/aromatic N) is 1. The molecular formula is C11H15N3O5. The van der Waals surface area contributed by atoms with Crippen LogP contribution in [0.3, 0.4) is 0 Å². The van der Waals surface area contributed by atoms with Gasteiger partial charge in [-0.1, -0.05) is 0 Å². The maximum Gasteiger partial charge on any atom is 0.314 e. The molecule has 0 fully saturated rings. The van der Waals surface area contributed by atoms with Crippen molar-refractivity contribution >= 4 is 11.6 Å². The molecule has 8 nitrogen and oxygen atoms in total. The molecule has 0 bridgehead atoms. The van der Waals surface area contributed by atoms with Crippen LogP contribution in [0, 0.1) is 10.1 Å². The summed E-state index contributed by atoms with van der Waals surface area (Å²) in [7, 11) is 1.41. The summed E-state index contributed by atoms with van der Waals surface area (Å²) >= 11 is 0. The highest BCUT2D eigenvalue weighted by Gasteiger charge is 2.17. The molecule has 104 valence electrons. The summed E-state index contributed by atoms with van der Waals surface area (Å²) in [5.41, 5.74) is 10.2. The predicted octanol–water partition coefficient (Wildman–Crippen LogP) is 0.185. The van der Waals surface area contributed by atoms with Gasteiger partial charge in [0.15, 0.2) is 5.75 Å². The van der Waals surface area contributed by atoms with E-state index in [4.69, 9.17) is 20.9 Å². The molecule has 1 unspecified atom stereocenters. The maximum atomic E-state index is 10.9. The van der Waals surface area contributed by atoms with E-state index < -0.39 is 16.9 Å². The first-order valence-corrected chi connectivity index (χ1v) is 5.46. The van der Waals surface area contributed by atoms with Crippen LogP contribution in [-0.4, -0.2) is 30.6 Å². The second-order valence-electron chi connectivity index (χ2n) is 3.74. The van der Waals surface area contributed by atoms with Crippen LogP contribution in [0.15, 0.2) is 18.2 Å². The number of carbonyl (C=O) groups excluding carboxylic acids is 1. The smallest absolute Gasteiger partial charge is 0.314 e. The summed E-state index contributed by atoms with van der Waals surface area (Å²) in [6.45, 7) is 0.0529. The summed E-state index contributed by atoms with van der Waals surface area (Å²) in [6, 6.07) is 3.38. The lowest BCUT2D eigenvalue weighted by Crippen LogP contribution is -2.37. The van der Waals surface area contributed by atoms with Gasteiger partial charge in [0.2, 0.25) is 5.91 Å². The van der Waals surface area contributed by atoms with Crippen LogP contribution in [0.25, 0.3) is 0 Å². The van der Waals surface area contributed by atoms with Gasteiger partial charge in [0.05, 0.1) is 30.7 Å². The number of primary amides is 1. The fourth-order valence-corrected chi connectivity index (χ4v) is 1.33. The van der Waals surface area contributed by atoms with Crippen LogP contribution >= 0.6 is 0 Å². The van der Waals surface area contributed by atoms with Crippen molar-refractivity contribution in [1.82, 2.24) is 0 Å². The fourth-order valence-electron chi connectivity index (χ4n) is 1.33. The molecule has 0 radical (unpaired) electrons. The van der Waals surface area contributed by atoms with Gasteiger partial charge >= 0.3 is 5.69 Å². The molecule has 19 heavy (non-hydrogen) atoms. The lowest BCUT2D eigenvalue weighted by molar-refractivity contribution is -0.385. The molecule has 1 aromatic rings. The van der Waals surface area contributed by atoms with Crippen LogP contribution in [-0.2, 0) is 4.79 Å². The van der Waals surface area contributed by atoms with Crippen molar-refractivity contribution in [3.8, 4) is 11.5 Å². The molecule has 4 N–H and O–H groups in total. The summed E-state index contributed by atoms with van der Waals surface area (Å²) in [6.07, 6.45) is 0.179. The van der Waals surface area contributed by atoms with E-state index in [0.717, 1.165) is 0 Å². The number of hydrogen-bond acceptors (Lipinski definition) is 6. The van der Waals surface area contributed by atoms with Gasteiger partial charge < -0.3 is 20.9 Å². The lowest BCUT2D eigenvalue weighted by atomic mass is 10.2. The Balaban J connectivity index is 2.72. The molecule has 0 heterocycles.